The van der Waals surface area contributed by atoms with Crippen LogP contribution in [0.15, 0.2) is 58.4 Å². The van der Waals surface area contributed by atoms with E-state index in [-0.39, 0.29) is 24.8 Å². The van der Waals surface area contributed by atoms with Crippen molar-refractivity contribution in [1.29, 1.82) is 5.41 Å². The number of aryl methyl sites for hydroxylation is 1. The number of H-pyrrole nitrogens is 1. The van der Waals surface area contributed by atoms with E-state index in [9.17, 15) is 22.4 Å². The molecule has 5 N–H and O–H groups in total. The standard InChI is InChI=1S/C39H49F4N7OS/c1-24(44)46-16-14-30-7-4-9-35(49(30)17-5-15-40)32-13-12-31(22-36(32)52-2)50-23-28-21-34(47-37(28)48-38(50)51)27-18-25(19-29(20-27)39(41,42)43)6-3-8-33(45)26-10-11-26/h12-13,18-23,26,30,33,35H,3-11,14-17,45H2,1-2H3,(H2,44,46)(H,47,48,51)/t30-,33+,35-/m0/s1. The number of hydrogen-bond donors (Lipinski definition) is 4. The predicted octanol–water partition coefficient (Wildman–Crippen LogP) is 8.41. The molecule has 3 atom stereocenters. The van der Waals surface area contributed by atoms with Gasteiger partial charge in [-0.3, -0.25) is 19.3 Å². The molecule has 8 nitrogen and oxygen atoms in total. The predicted molar refractivity (Wildman–Crippen MR) is 201 cm³/mol. The summed E-state index contributed by atoms with van der Waals surface area (Å²) < 4.78 is 56.9. The minimum Gasteiger partial charge on any atom is -0.374 e. The molecule has 1 saturated heterocycles. The van der Waals surface area contributed by atoms with Crippen LogP contribution in [0, 0.1) is 11.3 Å². The summed E-state index contributed by atoms with van der Waals surface area (Å²) in [5, 5.41) is 11.4. The third-order valence-corrected chi connectivity index (χ3v) is 11.3. The highest BCUT2D eigenvalue weighted by molar-refractivity contribution is 7.98. The number of nitrogens with one attached hydrogen (secondary N) is 3. The van der Waals surface area contributed by atoms with E-state index in [4.69, 9.17) is 11.1 Å². The van der Waals surface area contributed by atoms with Crippen LogP contribution in [0.4, 0.5) is 17.6 Å². The van der Waals surface area contributed by atoms with Crippen molar-refractivity contribution in [3.05, 3.63) is 75.8 Å². The lowest BCUT2D eigenvalue weighted by atomic mass is 9.89. The Balaban J connectivity index is 1.27. The van der Waals surface area contributed by atoms with Crippen LogP contribution in [0.3, 0.4) is 0 Å². The molecule has 0 unspecified atom stereocenters. The summed E-state index contributed by atoms with van der Waals surface area (Å²) in [5.41, 5.74) is 8.52. The van der Waals surface area contributed by atoms with Crippen LogP contribution < -0.4 is 16.7 Å². The molecule has 1 aliphatic heterocycles. The van der Waals surface area contributed by atoms with Crippen molar-refractivity contribution >= 4 is 28.6 Å². The van der Waals surface area contributed by atoms with Crippen molar-refractivity contribution in [3.8, 4) is 16.9 Å². The topological polar surface area (TPSA) is 116 Å². The van der Waals surface area contributed by atoms with Crippen LogP contribution in [0.25, 0.3) is 28.0 Å². The molecule has 1 saturated carbocycles. The van der Waals surface area contributed by atoms with Gasteiger partial charge in [-0.2, -0.15) is 18.2 Å². The average Bonchev–Trinajstić information content (AvgIpc) is 3.89. The summed E-state index contributed by atoms with van der Waals surface area (Å²) in [5.74, 6) is 0.974. The Hall–Kier alpha value is -3.68. The second kappa shape index (κ2) is 16.6. The van der Waals surface area contributed by atoms with Crippen molar-refractivity contribution in [1.82, 2.24) is 24.8 Å². The first-order valence-corrected chi connectivity index (χ1v) is 19.6. The number of piperidine rings is 1. The number of halogens is 4. The van der Waals surface area contributed by atoms with Gasteiger partial charge in [-0.25, -0.2) is 4.79 Å². The van der Waals surface area contributed by atoms with Gasteiger partial charge in [-0.05, 0) is 136 Å². The molecule has 4 aromatic rings. The molecule has 0 spiro atoms. The highest BCUT2D eigenvalue weighted by Gasteiger charge is 2.33. The maximum absolute atomic E-state index is 14.0. The molecule has 2 aliphatic rings. The van der Waals surface area contributed by atoms with Crippen molar-refractivity contribution < 1.29 is 17.6 Å². The maximum Gasteiger partial charge on any atom is 0.416 e. The minimum absolute atomic E-state index is 0.0961. The van der Waals surface area contributed by atoms with Gasteiger partial charge in [-0.15, -0.1) is 11.8 Å². The van der Waals surface area contributed by atoms with Gasteiger partial charge in [0.05, 0.1) is 23.8 Å². The molecule has 280 valence electrons. The highest BCUT2D eigenvalue weighted by Crippen LogP contribution is 2.40. The minimum atomic E-state index is -4.51. The summed E-state index contributed by atoms with van der Waals surface area (Å²) in [6.45, 7) is 2.68. The number of likely N-dealkylation sites (tertiary alicyclic amines) is 1. The summed E-state index contributed by atoms with van der Waals surface area (Å²) >= 11 is 1.59. The van der Waals surface area contributed by atoms with Crippen LogP contribution in [0.2, 0.25) is 0 Å². The van der Waals surface area contributed by atoms with Crippen LogP contribution in [-0.2, 0) is 12.6 Å². The number of fused-ring (bicyclic) bond motifs is 1. The van der Waals surface area contributed by atoms with Gasteiger partial charge < -0.3 is 16.0 Å². The van der Waals surface area contributed by atoms with Gasteiger partial charge in [0.15, 0.2) is 0 Å². The molecule has 52 heavy (non-hydrogen) atoms. The lowest BCUT2D eigenvalue weighted by Crippen LogP contribution is -2.44. The second-order valence-electron chi connectivity index (χ2n) is 14.3. The lowest BCUT2D eigenvalue weighted by Gasteiger charge is -2.43. The lowest BCUT2D eigenvalue weighted by molar-refractivity contribution is -0.137. The van der Waals surface area contributed by atoms with Crippen molar-refractivity contribution in [2.24, 2.45) is 11.7 Å². The molecule has 2 aromatic carbocycles. The van der Waals surface area contributed by atoms with Crippen molar-refractivity contribution in [2.45, 2.75) is 100 Å². The van der Waals surface area contributed by atoms with Crippen LogP contribution in [0.1, 0.15) is 87.4 Å². The normalized spacial score (nSPS) is 18.9. The number of hydrogen-bond acceptors (Lipinski definition) is 6. The van der Waals surface area contributed by atoms with Gasteiger partial charge in [0, 0.05) is 53.4 Å². The number of aromatic amines is 1. The SMILES string of the molecule is CSc1cc(-n2cc3cc(-c4cc(CCC[C@@H](N)C5CC5)cc(C(F)(F)F)c4)[nH]c3nc2=O)ccc1[C@@H]1CCC[C@@H](CCNC(C)=N)N1CCCF. The maximum atomic E-state index is 14.0. The Morgan fingerprint density at radius 1 is 1.13 bits per heavy atom. The first-order chi connectivity index (χ1) is 24.9. The number of rotatable bonds is 15. The second-order valence-corrected chi connectivity index (χ2v) is 15.2. The number of nitrogens with two attached hydrogens (primary N) is 1. The van der Waals surface area contributed by atoms with Crippen LogP contribution in [0.5, 0.6) is 0 Å². The fourth-order valence-electron chi connectivity index (χ4n) is 7.70. The smallest absolute Gasteiger partial charge is 0.374 e. The zero-order valence-electron chi connectivity index (χ0n) is 29.9. The number of aromatic nitrogens is 3. The number of amidine groups is 1. The monoisotopic (exact) mass is 739 g/mol. The number of benzene rings is 2. The largest absolute Gasteiger partial charge is 0.416 e. The molecule has 1 aliphatic carbocycles. The fraction of sp³-hybridized carbons (Fsp3) is 0.513. The summed E-state index contributed by atoms with van der Waals surface area (Å²) in [4.78, 5) is 24.2. The van der Waals surface area contributed by atoms with E-state index in [2.05, 4.69) is 26.3 Å². The Morgan fingerprint density at radius 2 is 1.94 bits per heavy atom. The highest BCUT2D eigenvalue weighted by atomic mass is 32.2. The molecular formula is C39H49F4N7OS. The third kappa shape index (κ3) is 9.09. The Morgan fingerprint density at radius 3 is 2.65 bits per heavy atom. The van der Waals surface area contributed by atoms with Gasteiger partial charge in [0.1, 0.15) is 5.65 Å². The summed E-state index contributed by atoms with van der Waals surface area (Å²) in [6, 6.07) is 12.3. The summed E-state index contributed by atoms with van der Waals surface area (Å²) in [7, 11) is 0. The first kappa shape index (κ1) is 38.1. The average molecular weight is 740 g/mol. The molecule has 2 fully saturated rings. The quantitative estimate of drug-likeness (QED) is 0.0421. The van der Waals surface area contributed by atoms with E-state index in [0.29, 0.717) is 77.6 Å². The van der Waals surface area contributed by atoms with Gasteiger partial charge in [-0.1, -0.05) is 6.07 Å². The van der Waals surface area contributed by atoms with Crippen LogP contribution in [-0.4, -0.2) is 63.4 Å². The molecule has 3 heterocycles. The molecule has 2 aromatic heterocycles. The fourth-order valence-corrected chi connectivity index (χ4v) is 8.38. The summed E-state index contributed by atoms with van der Waals surface area (Å²) in [6.07, 6.45) is 7.73. The third-order valence-electron chi connectivity index (χ3n) is 10.5. The molecule has 13 heteroatoms. The molecule has 0 radical (unpaired) electrons. The zero-order chi connectivity index (χ0) is 37.0. The van der Waals surface area contributed by atoms with Crippen LogP contribution >= 0.6 is 11.8 Å². The Bertz CT molecular complexity index is 1920. The molecule has 0 bridgehead atoms. The number of alkyl halides is 4. The van der Waals surface area contributed by atoms with E-state index >= 15 is 0 Å². The number of nitrogens with zero attached hydrogens (tertiary/aromatic N) is 3. The number of thioether (sulfide) groups is 1. The van der Waals surface area contributed by atoms with Gasteiger partial charge in [0.2, 0.25) is 0 Å². The Kier molecular flexibility index (Phi) is 12.1. The van der Waals surface area contributed by atoms with E-state index in [1.165, 1.54) is 10.6 Å². The molecular weight excluding hydrogens is 691 g/mol. The first-order valence-electron chi connectivity index (χ1n) is 18.3. The zero-order valence-corrected chi connectivity index (χ0v) is 30.7. The van der Waals surface area contributed by atoms with E-state index in [1.807, 2.05) is 18.4 Å². The van der Waals surface area contributed by atoms with E-state index in [1.54, 1.807) is 37.0 Å². The Labute approximate surface area is 306 Å². The van der Waals surface area contributed by atoms with E-state index in [0.717, 1.165) is 61.5 Å². The van der Waals surface area contributed by atoms with Crippen molar-refractivity contribution in [2.75, 3.05) is 26.0 Å². The van der Waals surface area contributed by atoms with Gasteiger partial charge >= 0.3 is 11.9 Å². The molecule has 0 amide bonds. The van der Waals surface area contributed by atoms with E-state index < -0.39 is 17.4 Å². The molecule has 6 rings (SSSR count). The van der Waals surface area contributed by atoms with Crippen molar-refractivity contribution in [3.63, 3.8) is 0 Å². The van der Waals surface area contributed by atoms with Gasteiger partial charge in [0.25, 0.3) is 0 Å².